The number of carbonyl (C=O) groups is 1. The van der Waals surface area contributed by atoms with Gasteiger partial charge >= 0.3 is 5.97 Å². The fourth-order valence-corrected chi connectivity index (χ4v) is 2.12. The van der Waals surface area contributed by atoms with E-state index in [0.717, 1.165) is 25.7 Å². The second-order valence-electron chi connectivity index (χ2n) is 3.75. The highest BCUT2D eigenvalue weighted by atomic mass is 16.5. The molecule has 1 N–H and O–H groups in total. The number of nitrogens with zero attached hydrogens (tertiary/aromatic N) is 2. The summed E-state index contributed by atoms with van der Waals surface area (Å²) in [5, 5.41) is 13.2. The molecular formula is C10H14N2O3. The summed E-state index contributed by atoms with van der Waals surface area (Å²) in [4.78, 5) is 11.1. The van der Waals surface area contributed by atoms with E-state index in [4.69, 9.17) is 9.84 Å². The van der Waals surface area contributed by atoms with Gasteiger partial charge in [-0.05, 0) is 12.8 Å². The third kappa shape index (κ3) is 1.69. The third-order valence-electron chi connectivity index (χ3n) is 2.85. The van der Waals surface area contributed by atoms with Crippen LogP contribution in [0, 0.1) is 0 Å². The molecule has 0 atom stereocenters. The van der Waals surface area contributed by atoms with Crippen LogP contribution >= 0.6 is 0 Å². The Balaban J connectivity index is 2.37. The quantitative estimate of drug-likeness (QED) is 0.824. The summed E-state index contributed by atoms with van der Waals surface area (Å²) >= 11 is 0. The zero-order chi connectivity index (χ0) is 10.8. The van der Waals surface area contributed by atoms with Crippen LogP contribution < -0.4 is 4.74 Å². The maximum absolute atomic E-state index is 11.1. The summed E-state index contributed by atoms with van der Waals surface area (Å²) in [6, 6.07) is 0.222. The van der Waals surface area contributed by atoms with Crippen molar-refractivity contribution in [2.45, 2.75) is 31.7 Å². The van der Waals surface area contributed by atoms with Gasteiger partial charge in [-0.2, -0.15) is 5.10 Å². The van der Waals surface area contributed by atoms with Crippen molar-refractivity contribution in [1.82, 2.24) is 9.78 Å². The molecule has 1 heterocycles. The lowest BCUT2D eigenvalue weighted by Crippen LogP contribution is -2.14. The van der Waals surface area contributed by atoms with E-state index in [9.17, 15) is 4.79 Å². The number of aromatic carboxylic acids is 1. The molecule has 5 heteroatoms. The van der Waals surface area contributed by atoms with Crippen molar-refractivity contribution >= 4 is 5.97 Å². The lowest BCUT2D eigenvalue weighted by Gasteiger charge is -2.11. The first-order valence-electron chi connectivity index (χ1n) is 5.09. The Hall–Kier alpha value is -1.52. The van der Waals surface area contributed by atoms with Crippen LogP contribution in [-0.2, 0) is 0 Å². The predicted octanol–water partition coefficient (Wildman–Crippen LogP) is 1.71. The summed E-state index contributed by atoms with van der Waals surface area (Å²) in [5.74, 6) is -0.634. The Morgan fingerprint density at radius 1 is 1.60 bits per heavy atom. The molecule has 0 aliphatic heterocycles. The van der Waals surface area contributed by atoms with Gasteiger partial charge in [0.25, 0.3) is 0 Å². The Labute approximate surface area is 87.7 Å². The molecule has 1 fully saturated rings. The second-order valence-corrected chi connectivity index (χ2v) is 3.75. The smallest absolute Gasteiger partial charge is 0.358 e. The lowest BCUT2D eigenvalue weighted by molar-refractivity contribution is 0.0676. The summed E-state index contributed by atoms with van der Waals surface area (Å²) in [5.41, 5.74) is 0.171. The number of carboxylic acids is 1. The van der Waals surface area contributed by atoms with Gasteiger partial charge in [0.05, 0.1) is 19.3 Å². The molecule has 1 aliphatic rings. The lowest BCUT2D eigenvalue weighted by atomic mass is 10.2. The minimum Gasteiger partial charge on any atom is -0.493 e. The number of methoxy groups -OCH3 is 1. The first kappa shape index (κ1) is 10.0. The zero-order valence-electron chi connectivity index (χ0n) is 8.64. The molecule has 0 bridgehead atoms. The highest BCUT2D eigenvalue weighted by Gasteiger charge is 2.26. The summed E-state index contributed by atoms with van der Waals surface area (Å²) < 4.78 is 6.57. The minimum absolute atomic E-state index is 0.171. The Bertz CT molecular complexity index is 367. The number of aromatic nitrogens is 2. The predicted molar refractivity (Wildman–Crippen MR) is 53.2 cm³/mol. The molecule has 5 nitrogen and oxygen atoms in total. The molecule has 0 radical (unpaired) electrons. The van der Waals surface area contributed by atoms with Crippen LogP contribution in [0.2, 0.25) is 0 Å². The fraction of sp³-hybridized carbons (Fsp3) is 0.600. The average Bonchev–Trinajstić information content (AvgIpc) is 2.85. The van der Waals surface area contributed by atoms with Crippen molar-refractivity contribution in [2.24, 2.45) is 0 Å². The summed E-state index contributed by atoms with van der Waals surface area (Å²) in [7, 11) is 1.46. The number of ether oxygens (including phenoxy) is 1. The van der Waals surface area contributed by atoms with Gasteiger partial charge in [-0.15, -0.1) is 0 Å². The van der Waals surface area contributed by atoms with E-state index in [0.29, 0.717) is 5.75 Å². The average molecular weight is 210 g/mol. The maximum atomic E-state index is 11.1. The van der Waals surface area contributed by atoms with Gasteiger partial charge in [0, 0.05) is 0 Å². The number of hydrogen-bond donors (Lipinski definition) is 1. The minimum atomic E-state index is -0.976. The normalized spacial score (nSPS) is 16.9. The second kappa shape index (κ2) is 3.92. The highest BCUT2D eigenvalue weighted by Crippen LogP contribution is 2.32. The molecule has 82 valence electrons. The van der Waals surface area contributed by atoms with E-state index in [-0.39, 0.29) is 11.7 Å². The number of carboxylic acid groups (broad SMARTS) is 1. The fourth-order valence-electron chi connectivity index (χ4n) is 2.12. The van der Waals surface area contributed by atoms with Crippen molar-refractivity contribution in [2.75, 3.05) is 7.11 Å². The topological polar surface area (TPSA) is 64.4 Å². The molecule has 15 heavy (non-hydrogen) atoms. The van der Waals surface area contributed by atoms with Gasteiger partial charge in [0.1, 0.15) is 0 Å². The van der Waals surface area contributed by atoms with Gasteiger partial charge in [0.15, 0.2) is 11.4 Å². The van der Waals surface area contributed by atoms with Crippen molar-refractivity contribution in [3.05, 3.63) is 11.9 Å². The van der Waals surface area contributed by atoms with Crippen LogP contribution in [0.25, 0.3) is 0 Å². The number of rotatable bonds is 3. The van der Waals surface area contributed by atoms with Crippen molar-refractivity contribution in [3.63, 3.8) is 0 Å². The largest absolute Gasteiger partial charge is 0.493 e. The van der Waals surface area contributed by atoms with E-state index in [1.165, 1.54) is 13.3 Å². The summed E-state index contributed by atoms with van der Waals surface area (Å²) in [6.07, 6.45) is 5.77. The Kier molecular flexibility index (Phi) is 2.62. The van der Waals surface area contributed by atoms with E-state index in [1.54, 1.807) is 4.68 Å². The third-order valence-corrected chi connectivity index (χ3v) is 2.85. The van der Waals surface area contributed by atoms with E-state index >= 15 is 0 Å². The SMILES string of the molecule is COc1cnn(C2CCCC2)c1C(=O)O. The van der Waals surface area contributed by atoms with Crippen LogP contribution in [0.15, 0.2) is 6.20 Å². The molecule has 1 aromatic rings. The molecular weight excluding hydrogens is 196 g/mol. The highest BCUT2D eigenvalue weighted by molar-refractivity contribution is 5.88. The molecule has 1 aliphatic carbocycles. The van der Waals surface area contributed by atoms with E-state index in [2.05, 4.69) is 5.10 Å². The van der Waals surface area contributed by atoms with Crippen LogP contribution in [0.4, 0.5) is 0 Å². The van der Waals surface area contributed by atoms with E-state index in [1.807, 2.05) is 0 Å². The molecule has 0 aromatic carbocycles. The zero-order valence-corrected chi connectivity index (χ0v) is 8.64. The van der Waals surface area contributed by atoms with Crippen LogP contribution in [0.1, 0.15) is 42.2 Å². The molecule has 1 aromatic heterocycles. The number of hydrogen-bond acceptors (Lipinski definition) is 3. The van der Waals surface area contributed by atoms with Gasteiger partial charge < -0.3 is 9.84 Å². The van der Waals surface area contributed by atoms with Gasteiger partial charge in [-0.25, -0.2) is 4.79 Å². The molecule has 0 spiro atoms. The van der Waals surface area contributed by atoms with Gasteiger partial charge in [-0.3, -0.25) is 4.68 Å². The molecule has 1 saturated carbocycles. The molecule has 0 unspecified atom stereocenters. The monoisotopic (exact) mass is 210 g/mol. The Morgan fingerprint density at radius 3 is 2.80 bits per heavy atom. The standard InChI is InChI=1S/C10H14N2O3/c1-15-8-6-11-12(9(8)10(13)14)7-4-2-3-5-7/h6-7H,2-5H2,1H3,(H,13,14). The summed E-state index contributed by atoms with van der Waals surface area (Å²) in [6.45, 7) is 0. The van der Waals surface area contributed by atoms with Gasteiger partial charge in [0.2, 0.25) is 0 Å². The van der Waals surface area contributed by atoms with Crippen molar-refractivity contribution < 1.29 is 14.6 Å². The van der Waals surface area contributed by atoms with Crippen molar-refractivity contribution in [1.29, 1.82) is 0 Å². The molecule has 2 rings (SSSR count). The molecule has 0 saturated heterocycles. The first-order valence-corrected chi connectivity index (χ1v) is 5.09. The van der Waals surface area contributed by atoms with Crippen molar-refractivity contribution in [3.8, 4) is 5.75 Å². The Morgan fingerprint density at radius 2 is 2.27 bits per heavy atom. The van der Waals surface area contributed by atoms with E-state index < -0.39 is 5.97 Å². The van der Waals surface area contributed by atoms with Gasteiger partial charge in [-0.1, -0.05) is 12.8 Å². The van der Waals surface area contributed by atoms with Crippen LogP contribution in [0.5, 0.6) is 5.75 Å². The maximum Gasteiger partial charge on any atom is 0.358 e. The van der Waals surface area contributed by atoms with Crippen LogP contribution in [0.3, 0.4) is 0 Å². The molecule has 0 amide bonds. The first-order chi connectivity index (χ1) is 7.24. The van der Waals surface area contributed by atoms with Crippen LogP contribution in [-0.4, -0.2) is 28.0 Å².